The van der Waals surface area contributed by atoms with Gasteiger partial charge in [-0.05, 0) is 23.6 Å². The number of nitrogens with one attached hydrogen (secondary N) is 2. The van der Waals surface area contributed by atoms with E-state index in [1.54, 1.807) is 36.2 Å². The minimum Gasteiger partial charge on any atom is -0.352 e. The highest BCUT2D eigenvalue weighted by atomic mass is 16.2. The van der Waals surface area contributed by atoms with Crippen molar-refractivity contribution in [3.63, 3.8) is 0 Å². The Morgan fingerprint density at radius 3 is 2.48 bits per heavy atom. The summed E-state index contributed by atoms with van der Waals surface area (Å²) in [6.45, 7) is 9.53. The predicted molar refractivity (Wildman–Crippen MR) is 91.6 cm³/mol. The fraction of sp³-hybridized carbons (Fsp3) is 0.556. The number of amides is 2. The van der Waals surface area contributed by atoms with E-state index < -0.39 is 0 Å². The Morgan fingerprint density at radius 2 is 1.91 bits per heavy atom. The third-order valence-corrected chi connectivity index (χ3v) is 3.85. The molecule has 0 unspecified atom stereocenters. The lowest BCUT2D eigenvalue weighted by atomic mass is 9.96. The second kappa shape index (κ2) is 7.13. The molecular weight excluding hydrogens is 290 g/mol. The van der Waals surface area contributed by atoms with Crippen LogP contribution in [-0.4, -0.2) is 49.9 Å². The molecule has 0 bridgehead atoms. The molecule has 0 aliphatic carbocycles. The summed E-state index contributed by atoms with van der Waals surface area (Å²) in [7, 11) is 1.80. The molecule has 2 rings (SSSR count). The molecule has 1 aliphatic rings. The number of hydrogen-bond donors (Lipinski definition) is 2. The average molecular weight is 317 g/mol. The van der Waals surface area contributed by atoms with Crippen molar-refractivity contribution >= 4 is 11.8 Å². The van der Waals surface area contributed by atoms with Crippen LogP contribution in [0.2, 0.25) is 0 Å². The number of rotatable bonds is 5. The number of carbonyl (C=O) groups excluding carboxylic acids is 2. The highest BCUT2D eigenvalue weighted by Crippen LogP contribution is 2.16. The molecule has 2 amide bonds. The van der Waals surface area contributed by atoms with Gasteiger partial charge < -0.3 is 15.5 Å². The highest BCUT2D eigenvalue weighted by molar-refractivity contribution is 5.99. The van der Waals surface area contributed by atoms with Crippen LogP contribution in [0.15, 0.2) is 24.3 Å². The largest absolute Gasteiger partial charge is 0.352 e. The van der Waals surface area contributed by atoms with Gasteiger partial charge >= 0.3 is 0 Å². The molecule has 1 fully saturated rings. The zero-order chi connectivity index (χ0) is 17.0. The van der Waals surface area contributed by atoms with Gasteiger partial charge in [-0.15, -0.1) is 0 Å². The van der Waals surface area contributed by atoms with Crippen LogP contribution in [0.25, 0.3) is 0 Å². The fourth-order valence-corrected chi connectivity index (χ4v) is 2.63. The third-order valence-electron chi connectivity index (χ3n) is 3.85. The Balaban J connectivity index is 2.00. The SMILES string of the molecule is CN(CC(C)(C)C)C(=O)c1cccc(C(=O)NCC2CNC2)c1. The lowest BCUT2D eigenvalue weighted by molar-refractivity contribution is 0.0745. The van der Waals surface area contributed by atoms with Crippen molar-refractivity contribution in [1.29, 1.82) is 0 Å². The van der Waals surface area contributed by atoms with Crippen LogP contribution in [0.5, 0.6) is 0 Å². The molecule has 1 aromatic carbocycles. The maximum absolute atomic E-state index is 12.5. The lowest BCUT2D eigenvalue weighted by Gasteiger charge is -2.27. The van der Waals surface area contributed by atoms with Crippen LogP contribution < -0.4 is 10.6 Å². The minimum absolute atomic E-state index is 0.0379. The second-order valence-electron chi connectivity index (χ2n) is 7.54. The molecule has 1 aliphatic heterocycles. The summed E-state index contributed by atoms with van der Waals surface area (Å²) in [4.78, 5) is 26.4. The van der Waals surface area contributed by atoms with E-state index in [0.717, 1.165) is 13.1 Å². The van der Waals surface area contributed by atoms with Crippen LogP contribution in [0.3, 0.4) is 0 Å². The van der Waals surface area contributed by atoms with E-state index in [0.29, 0.717) is 30.1 Å². The van der Waals surface area contributed by atoms with Gasteiger partial charge in [0.2, 0.25) is 0 Å². The van der Waals surface area contributed by atoms with Gasteiger partial charge in [-0.3, -0.25) is 9.59 Å². The molecule has 5 heteroatoms. The van der Waals surface area contributed by atoms with Gasteiger partial charge in [-0.25, -0.2) is 0 Å². The van der Waals surface area contributed by atoms with Crippen LogP contribution in [0.1, 0.15) is 41.5 Å². The van der Waals surface area contributed by atoms with Crippen molar-refractivity contribution in [2.75, 3.05) is 33.2 Å². The molecule has 0 saturated carbocycles. The Bertz CT molecular complexity index is 574. The van der Waals surface area contributed by atoms with Crippen molar-refractivity contribution in [2.45, 2.75) is 20.8 Å². The first-order chi connectivity index (χ1) is 10.8. The monoisotopic (exact) mass is 317 g/mol. The summed E-state index contributed by atoms with van der Waals surface area (Å²) < 4.78 is 0. The first-order valence-electron chi connectivity index (χ1n) is 8.11. The third kappa shape index (κ3) is 5.06. The van der Waals surface area contributed by atoms with E-state index in [-0.39, 0.29) is 17.2 Å². The first-order valence-corrected chi connectivity index (χ1v) is 8.11. The zero-order valence-corrected chi connectivity index (χ0v) is 14.5. The van der Waals surface area contributed by atoms with Crippen molar-refractivity contribution in [3.8, 4) is 0 Å². The van der Waals surface area contributed by atoms with Crippen molar-refractivity contribution in [2.24, 2.45) is 11.3 Å². The summed E-state index contributed by atoms with van der Waals surface area (Å²) in [6.07, 6.45) is 0. The quantitative estimate of drug-likeness (QED) is 0.870. The highest BCUT2D eigenvalue weighted by Gasteiger charge is 2.20. The molecule has 126 valence electrons. The minimum atomic E-state index is -0.120. The van der Waals surface area contributed by atoms with Gasteiger partial charge in [0.25, 0.3) is 11.8 Å². The molecule has 1 saturated heterocycles. The van der Waals surface area contributed by atoms with Crippen molar-refractivity contribution in [3.05, 3.63) is 35.4 Å². The molecule has 0 aromatic heterocycles. The first kappa shape index (κ1) is 17.5. The van der Waals surface area contributed by atoms with Gasteiger partial charge in [0.15, 0.2) is 0 Å². The Hall–Kier alpha value is -1.88. The second-order valence-corrected chi connectivity index (χ2v) is 7.54. The van der Waals surface area contributed by atoms with Crippen molar-refractivity contribution in [1.82, 2.24) is 15.5 Å². The van der Waals surface area contributed by atoms with E-state index in [1.807, 2.05) is 0 Å². The molecule has 0 atom stereocenters. The van der Waals surface area contributed by atoms with Gasteiger partial charge in [0.05, 0.1) is 0 Å². The standard InChI is InChI=1S/C18H27N3O2/c1-18(2,3)12-21(4)17(23)15-7-5-6-14(8-15)16(22)20-11-13-9-19-10-13/h5-8,13,19H,9-12H2,1-4H3,(H,20,22). The average Bonchev–Trinajstić information content (AvgIpc) is 2.43. The summed E-state index contributed by atoms with van der Waals surface area (Å²) in [5.41, 5.74) is 1.12. The van der Waals surface area contributed by atoms with Gasteiger partial charge in [0.1, 0.15) is 0 Å². The summed E-state index contributed by atoms with van der Waals surface area (Å²) >= 11 is 0. The number of hydrogen-bond acceptors (Lipinski definition) is 3. The fourth-order valence-electron chi connectivity index (χ4n) is 2.63. The van der Waals surface area contributed by atoms with E-state index in [1.165, 1.54) is 0 Å². The van der Waals surface area contributed by atoms with Gasteiger partial charge in [-0.2, -0.15) is 0 Å². The van der Waals surface area contributed by atoms with Crippen molar-refractivity contribution < 1.29 is 9.59 Å². The molecule has 2 N–H and O–H groups in total. The number of nitrogens with zero attached hydrogens (tertiary/aromatic N) is 1. The number of benzene rings is 1. The number of carbonyl (C=O) groups is 2. The molecule has 0 spiro atoms. The van der Waals surface area contributed by atoms with Gasteiger partial charge in [-0.1, -0.05) is 26.8 Å². The summed E-state index contributed by atoms with van der Waals surface area (Å²) in [5, 5.41) is 6.11. The maximum Gasteiger partial charge on any atom is 0.253 e. The van der Waals surface area contributed by atoms with Crippen LogP contribution >= 0.6 is 0 Å². The van der Waals surface area contributed by atoms with Crippen LogP contribution in [0.4, 0.5) is 0 Å². The van der Waals surface area contributed by atoms with Gasteiger partial charge in [0, 0.05) is 50.3 Å². The summed E-state index contributed by atoms with van der Waals surface area (Å²) in [6, 6.07) is 6.94. The molecule has 1 aromatic rings. The van der Waals surface area contributed by atoms with E-state index in [9.17, 15) is 9.59 Å². The molecule has 23 heavy (non-hydrogen) atoms. The van der Waals surface area contributed by atoms with E-state index in [4.69, 9.17) is 0 Å². The summed E-state index contributed by atoms with van der Waals surface area (Å²) in [5.74, 6) is 0.337. The Morgan fingerprint density at radius 1 is 1.26 bits per heavy atom. The normalized spacial score (nSPS) is 15.0. The predicted octanol–water partition coefficient (Wildman–Crippen LogP) is 1.75. The lowest BCUT2D eigenvalue weighted by Crippen LogP contribution is -2.48. The van der Waals surface area contributed by atoms with Crippen LogP contribution in [0, 0.1) is 11.3 Å². The zero-order valence-electron chi connectivity index (χ0n) is 14.5. The smallest absolute Gasteiger partial charge is 0.253 e. The molecule has 0 radical (unpaired) electrons. The van der Waals surface area contributed by atoms with Crippen LogP contribution in [-0.2, 0) is 0 Å². The topological polar surface area (TPSA) is 61.4 Å². The maximum atomic E-state index is 12.5. The Labute approximate surface area is 138 Å². The molecule has 1 heterocycles. The van der Waals surface area contributed by atoms with E-state index in [2.05, 4.69) is 31.4 Å². The molecular formula is C18H27N3O2. The Kier molecular flexibility index (Phi) is 5.42. The van der Waals surface area contributed by atoms with E-state index >= 15 is 0 Å². The molecule has 5 nitrogen and oxygen atoms in total.